The molecule has 212 valence electrons. The molecule has 0 aliphatic heterocycles. The zero-order chi connectivity index (χ0) is 30.0. The van der Waals surface area contributed by atoms with Crippen LogP contribution in [-0.2, 0) is 0 Å². The molecule has 42 heavy (non-hydrogen) atoms. The van der Waals surface area contributed by atoms with E-state index in [1.165, 1.54) is 84.2 Å². The maximum atomic E-state index is 13.2. The number of phenols is 4. The summed E-state index contributed by atoms with van der Waals surface area (Å²) in [7, 11) is 0. The van der Waals surface area contributed by atoms with E-state index >= 15 is 0 Å². The summed E-state index contributed by atoms with van der Waals surface area (Å²) in [6.07, 6.45) is 5.72. The fourth-order valence-electron chi connectivity index (χ4n) is 4.24. The van der Waals surface area contributed by atoms with Gasteiger partial charge in [-0.25, -0.2) is 9.59 Å². The smallest absolute Gasteiger partial charge is 0.344 e. The van der Waals surface area contributed by atoms with E-state index < -0.39 is 28.7 Å². The predicted octanol–water partition coefficient (Wildman–Crippen LogP) is 5.41. The summed E-state index contributed by atoms with van der Waals surface area (Å²) >= 11 is 1.18. The first-order chi connectivity index (χ1) is 20.1. The van der Waals surface area contributed by atoms with Crippen molar-refractivity contribution in [2.24, 2.45) is 0 Å². The van der Waals surface area contributed by atoms with Gasteiger partial charge in [0.1, 0.15) is 23.0 Å². The van der Waals surface area contributed by atoms with Gasteiger partial charge in [0.05, 0.1) is 17.0 Å². The molecule has 0 aliphatic rings. The minimum atomic E-state index is -1.23. The van der Waals surface area contributed by atoms with E-state index in [1.807, 2.05) is 0 Å². The van der Waals surface area contributed by atoms with E-state index in [0.29, 0.717) is 16.0 Å². The minimum Gasteiger partial charge on any atom is -0.507 e. The van der Waals surface area contributed by atoms with Crippen LogP contribution in [0.1, 0.15) is 44.6 Å². The molecular formula is C31H22O10S. The highest BCUT2D eigenvalue weighted by Gasteiger charge is 2.31. The monoisotopic (exact) mass is 586 g/mol. The average Bonchev–Trinajstić information content (AvgIpc) is 3.47. The van der Waals surface area contributed by atoms with E-state index in [9.17, 15) is 40.2 Å². The number of phenolic OH excluding ortho intramolecular Hbond substituents is 4. The van der Waals surface area contributed by atoms with Crippen LogP contribution < -0.4 is 11.3 Å². The summed E-state index contributed by atoms with van der Waals surface area (Å²) in [5.74, 6) is -3.54. The lowest BCUT2D eigenvalue weighted by atomic mass is 9.90. The van der Waals surface area contributed by atoms with Crippen LogP contribution in [0.2, 0.25) is 0 Å². The van der Waals surface area contributed by atoms with Crippen molar-refractivity contribution in [3.8, 4) is 34.5 Å². The standard InChI is InChI=1S/C31H22O10S/c32-20-9-5-16(12-22(20)34)3-7-18-14-24(36)27(30(38)40-18)29(26-2-1-11-42-26)28-25(37)15-19(41-31(28)39)8-4-17-6-10-21(33)23(35)13-17/h1-15,29,32-37H. The second-order valence-corrected chi connectivity index (χ2v) is 10.1. The Morgan fingerprint density at radius 3 is 1.43 bits per heavy atom. The Kier molecular flexibility index (Phi) is 7.59. The Morgan fingerprint density at radius 2 is 1.05 bits per heavy atom. The van der Waals surface area contributed by atoms with Crippen LogP contribution in [0, 0.1) is 0 Å². The van der Waals surface area contributed by atoms with Gasteiger partial charge in [-0.3, -0.25) is 0 Å². The molecule has 3 aromatic heterocycles. The second-order valence-electron chi connectivity index (χ2n) is 9.08. The molecule has 0 saturated heterocycles. The molecule has 0 spiro atoms. The Labute approximate surface area is 240 Å². The van der Waals surface area contributed by atoms with Gasteiger partial charge < -0.3 is 39.5 Å². The fraction of sp³-hybridized carbons (Fsp3) is 0.0323. The number of thiophene rings is 1. The molecule has 5 rings (SSSR count). The highest BCUT2D eigenvalue weighted by molar-refractivity contribution is 7.10. The molecular weight excluding hydrogens is 564 g/mol. The summed E-state index contributed by atoms with van der Waals surface area (Å²) < 4.78 is 10.8. The number of hydrogen-bond donors (Lipinski definition) is 6. The Morgan fingerprint density at radius 1 is 0.571 bits per heavy atom. The van der Waals surface area contributed by atoms with Crippen molar-refractivity contribution in [1.82, 2.24) is 0 Å². The molecule has 0 saturated carbocycles. The van der Waals surface area contributed by atoms with Gasteiger partial charge >= 0.3 is 11.3 Å². The van der Waals surface area contributed by atoms with Crippen molar-refractivity contribution in [3.05, 3.63) is 126 Å². The van der Waals surface area contributed by atoms with Gasteiger partial charge in [-0.2, -0.15) is 0 Å². The van der Waals surface area contributed by atoms with Crippen LogP contribution in [-0.4, -0.2) is 30.6 Å². The van der Waals surface area contributed by atoms with Crippen molar-refractivity contribution in [2.45, 2.75) is 5.92 Å². The Bertz CT molecular complexity index is 1820. The normalized spacial score (nSPS) is 12.3. The third-order valence-corrected chi connectivity index (χ3v) is 7.19. The van der Waals surface area contributed by atoms with E-state index in [1.54, 1.807) is 17.5 Å². The molecule has 2 aromatic carbocycles. The summed E-state index contributed by atoms with van der Waals surface area (Å²) in [5.41, 5.74) is -1.54. The third kappa shape index (κ3) is 5.76. The van der Waals surface area contributed by atoms with Gasteiger partial charge in [0.2, 0.25) is 0 Å². The summed E-state index contributed by atoms with van der Waals surface area (Å²) in [5, 5.41) is 61.9. The van der Waals surface area contributed by atoms with E-state index in [2.05, 4.69) is 0 Å². The lowest BCUT2D eigenvalue weighted by molar-refractivity contribution is 0.403. The number of hydrogen-bond acceptors (Lipinski definition) is 11. The van der Waals surface area contributed by atoms with Gasteiger partial charge in [-0.15, -0.1) is 11.3 Å². The first-order valence-electron chi connectivity index (χ1n) is 12.3. The first-order valence-corrected chi connectivity index (χ1v) is 13.2. The quantitative estimate of drug-likeness (QED) is 0.135. The van der Waals surface area contributed by atoms with Gasteiger partial charge in [0.15, 0.2) is 23.0 Å². The summed E-state index contributed by atoms with van der Waals surface area (Å²) in [6, 6.07) is 13.8. The van der Waals surface area contributed by atoms with Gasteiger partial charge in [-0.05, 0) is 59.0 Å². The maximum absolute atomic E-state index is 13.2. The van der Waals surface area contributed by atoms with E-state index in [0.717, 1.165) is 0 Å². The molecule has 0 amide bonds. The first kappa shape index (κ1) is 27.9. The minimum absolute atomic E-state index is 0.0317. The molecule has 0 aliphatic carbocycles. The molecule has 11 heteroatoms. The number of aromatic hydroxyl groups is 6. The van der Waals surface area contributed by atoms with Crippen molar-refractivity contribution >= 4 is 35.6 Å². The lowest BCUT2D eigenvalue weighted by Crippen LogP contribution is -2.20. The average molecular weight is 587 g/mol. The summed E-state index contributed by atoms with van der Waals surface area (Å²) in [4.78, 5) is 26.8. The zero-order valence-corrected chi connectivity index (χ0v) is 22.3. The van der Waals surface area contributed by atoms with E-state index in [-0.39, 0.29) is 45.6 Å². The second kappa shape index (κ2) is 11.4. The van der Waals surface area contributed by atoms with Crippen LogP contribution >= 0.6 is 11.3 Å². The highest BCUT2D eigenvalue weighted by atomic mass is 32.1. The van der Waals surface area contributed by atoms with Crippen molar-refractivity contribution in [1.29, 1.82) is 0 Å². The lowest BCUT2D eigenvalue weighted by Gasteiger charge is -2.17. The number of rotatable bonds is 7. The molecule has 10 nitrogen and oxygen atoms in total. The molecule has 0 bridgehead atoms. The summed E-state index contributed by atoms with van der Waals surface area (Å²) in [6.45, 7) is 0. The molecule has 0 fully saturated rings. The third-order valence-electron chi connectivity index (χ3n) is 6.25. The number of benzene rings is 2. The topological polar surface area (TPSA) is 182 Å². The van der Waals surface area contributed by atoms with Gasteiger partial charge in [-0.1, -0.05) is 30.4 Å². The van der Waals surface area contributed by atoms with E-state index in [4.69, 9.17) is 8.83 Å². The SMILES string of the molecule is O=c1oc(C=Cc2ccc(O)c(O)c2)cc(O)c1C(c1cccs1)c1c(O)cc(C=Cc2ccc(O)c(O)c2)oc1=O. The Balaban J connectivity index is 1.53. The van der Waals surface area contributed by atoms with Crippen LogP contribution in [0.4, 0.5) is 0 Å². The molecule has 6 N–H and O–H groups in total. The van der Waals surface area contributed by atoms with Crippen molar-refractivity contribution < 1.29 is 39.5 Å². The molecule has 0 radical (unpaired) electrons. The molecule has 0 atom stereocenters. The fourth-order valence-corrected chi connectivity index (χ4v) is 5.09. The largest absolute Gasteiger partial charge is 0.507 e. The van der Waals surface area contributed by atoms with Gasteiger partial charge in [0.25, 0.3) is 0 Å². The predicted molar refractivity (Wildman–Crippen MR) is 156 cm³/mol. The molecule has 5 aromatic rings. The molecule has 3 heterocycles. The Hall–Kier alpha value is -5.68. The molecule has 0 unspecified atom stereocenters. The highest BCUT2D eigenvalue weighted by Crippen LogP contribution is 2.40. The zero-order valence-electron chi connectivity index (χ0n) is 21.5. The van der Waals surface area contributed by atoms with Crippen molar-refractivity contribution in [3.63, 3.8) is 0 Å². The van der Waals surface area contributed by atoms with Crippen LogP contribution in [0.5, 0.6) is 34.5 Å². The van der Waals surface area contributed by atoms with Crippen LogP contribution in [0.15, 0.2) is 84.5 Å². The van der Waals surface area contributed by atoms with Crippen LogP contribution in [0.3, 0.4) is 0 Å². The maximum Gasteiger partial charge on any atom is 0.344 e. The van der Waals surface area contributed by atoms with Crippen molar-refractivity contribution in [2.75, 3.05) is 0 Å². The van der Waals surface area contributed by atoms with Gasteiger partial charge in [0, 0.05) is 17.0 Å². The van der Waals surface area contributed by atoms with Crippen LogP contribution in [0.25, 0.3) is 24.3 Å².